The third kappa shape index (κ3) is 3.71. The molecule has 0 N–H and O–H groups in total. The first-order chi connectivity index (χ1) is 13.0. The number of rotatable bonds is 2. The van der Waals surface area contributed by atoms with Crippen molar-refractivity contribution in [3.05, 3.63) is 48.5 Å². The van der Waals surface area contributed by atoms with Crippen molar-refractivity contribution in [2.75, 3.05) is 0 Å². The number of ether oxygens (including phenoxy) is 2. The lowest BCUT2D eigenvalue weighted by molar-refractivity contribution is -0.189. The van der Waals surface area contributed by atoms with E-state index in [1.165, 1.54) is 36.4 Å². The summed E-state index contributed by atoms with van der Waals surface area (Å²) in [4.78, 5) is 22.5. The summed E-state index contributed by atoms with van der Waals surface area (Å²) < 4.78 is 84.2. The highest BCUT2D eigenvalue weighted by Gasteiger charge is 2.42. The van der Waals surface area contributed by atoms with Gasteiger partial charge in [0.15, 0.2) is 0 Å². The molecule has 0 radical (unpaired) electrons. The quantitative estimate of drug-likeness (QED) is 0.264. The second kappa shape index (κ2) is 6.70. The molecular formula is C18H8F6O4. The summed E-state index contributed by atoms with van der Waals surface area (Å²) in [7, 11) is 0. The van der Waals surface area contributed by atoms with Crippen LogP contribution in [0.1, 0.15) is 0 Å². The normalized spacial score (nSPS) is 12.2. The number of alkyl halides is 6. The lowest BCUT2D eigenvalue weighted by atomic mass is 10.0. The van der Waals surface area contributed by atoms with Crippen LogP contribution in [0.5, 0.6) is 11.5 Å². The van der Waals surface area contributed by atoms with E-state index in [1.807, 2.05) is 0 Å². The third-order valence-electron chi connectivity index (χ3n) is 3.68. The molecule has 0 fully saturated rings. The van der Waals surface area contributed by atoms with E-state index < -0.39 is 35.8 Å². The van der Waals surface area contributed by atoms with Crippen molar-refractivity contribution in [2.24, 2.45) is 0 Å². The largest absolute Gasteiger partial charge is 0.491 e. The molecule has 0 spiro atoms. The van der Waals surface area contributed by atoms with Gasteiger partial charge in [-0.25, -0.2) is 9.59 Å². The van der Waals surface area contributed by atoms with Gasteiger partial charge in [-0.15, -0.1) is 0 Å². The minimum atomic E-state index is -5.28. The number of halogens is 6. The fourth-order valence-corrected chi connectivity index (χ4v) is 2.57. The Bertz CT molecular complexity index is 998. The lowest BCUT2D eigenvalue weighted by Gasteiger charge is -2.14. The highest BCUT2D eigenvalue weighted by Crippen LogP contribution is 2.39. The molecule has 28 heavy (non-hydrogen) atoms. The van der Waals surface area contributed by atoms with Gasteiger partial charge in [-0.1, -0.05) is 36.4 Å². The average Bonchev–Trinajstić information content (AvgIpc) is 2.60. The van der Waals surface area contributed by atoms with E-state index in [0.29, 0.717) is 0 Å². The summed E-state index contributed by atoms with van der Waals surface area (Å²) in [5, 5.41) is 0.303. The first-order valence-corrected chi connectivity index (χ1v) is 7.51. The van der Waals surface area contributed by atoms with Crippen LogP contribution >= 0.6 is 0 Å². The summed E-state index contributed by atoms with van der Waals surface area (Å²) in [6.45, 7) is 0. The Hall–Kier alpha value is -3.30. The van der Waals surface area contributed by atoms with E-state index in [1.54, 1.807) is 0 Å². The Morgan fingerprint density at radius 1 is 0.607 bits per heavy atom. The second-order valence-corrected chi connectivity index (χ2v) is 5.55. The zero-order valence-corrected chi connectivity index (χ0v) is 13.5. The number of hydrogen-bond acceptors (Lipinski definition) is 4. The molecule has 0 aromatic heterocycles. The summed E-state index contributed by atoms with van der Waals surface area (Å²) in [6.07, 6.45) is -10.6. The summed E-state index contributed by atoms with van der Waals surface area (Å²) in [5.74, 6) is -6.08. The summed E-state index contributed by atoms with van der Waals surface area (Å²) in [5.41, 5.74) is 0. The highest BCUT2D eigenvalue weighted by atomic mass is 19.4. The van der Waals surface area contributed by atoms with Crippen molar-refractivity contribution in [1.29, 1.82) is 0 Å². The van der Waals surface area contributed by atoms with Crippen molar-refractivity contribution in [2.45, 2.75) is 12.4 Å². The molecule has 3 aromatic rings. The van der Waals surface area contributed by atoms with Crippen LogP contribution in [0, 0.1) is 0 Å². The summed E-state index contributed by atoms with van der Waals surface area (Å²) >= 11 is 0. The van der Waals surface area contributed by atoms with E-state index in [4.69, 9.17) is 0 Å². The molecule has 0 saturated heterocycles. The topological polar surface area (TPSA) is 52.6 Å². The van der Waals surface area contributed by atoms with Gasteiger partial charge >= 0.3 is 24.3 Å². The van der Waals surface area contributed by atoms with E-state index in [0.717, 1.165) is 12.1 Å². The van der Waals surface area contributed by atoms with Crippen LogP contribution in [0.25, 0.3) is 21.5 Å². The second-order valence-electron chi connectivity index (χ2n) is 5.55. The Morgan fingerprint density at radius 2 is 0.964 bits per heavy atom. The van der Waals surface area contributed by atoms with Gasteiger partial charge in [-0.2, -0.15) is 26.3 Å². The maximum absolute atomic E-state index is 12.6. The maximum atomic E-state index is 12.6. The van der Waals surface area contributed by atoms with Crippen LogP contribution in [0.3, 0.4) is 0 Å². The Labute approximate surface area is 152 Å². The molecule has 0 aliphatic rings. The minimum absolute atomic E-state index is 0.108. The number of carbonyl (C=O) groups is 2. The van der Waals surface area contributed by atoms with Crippen LogP contribution in [-0.4, -0.2) is 24.3 Å². The van der Waals surface area contributed by atoms with Crippen molar-refractivity contribution in [3.63, 3.8) is 0 Å². The van der Waals surface area contributed by atoms with Crippen LogP contribution in [-0.2, 0) is 9.59 Å². The number of fused-ring (bicyclic) bond motifs is 3. The number of esters is 2. The van der Waals surface area contributed by atoms with E-state index in [9.17, 15) is 35.9 Å². The van der Waals surface area contributed by atoms with Gasteiger partial charge in [0.1, 0.15) is 11.5 Å². The monoisotopic (exact) mass is 402 g/mol. The van der Waals surface area contributed by atoms with Gasteiger partial charge < -0.3 is 9.47 Å². The molecule has 3 aromatic carbocycles. The third-order valence-corrected chi connectivity index (χ3v) is 3.68. The van der Waals surface area contributed by atoms with Crippen LogP contribution < -0.4 is 9.47 Å². The smallest absolute Gasteiger partial charge is 0.419 e. The summed E-state index contributed by atoms with van der Waals surface area (Å²) in [6, 6.07) is 10.5. The van der Waals surface area contributed by atoms with Crippen molar-refractivity contribution >= 4 is 33.5 Å². The number of hydrogen-bond donors (Lipinski definition) is 0. The first kappa shape index (κ1) is 19.5. The molecule has 3 rings (SSSR count). The van der Waals surface area contributed by atoms with Gasteiger partial charge in [-0.3, -0.25) is 0 Å². The Morgan fingerprint density at radius 3 is 1.29 bits per heavy atom. The zero-order chi connectivity index (χ0) is 20.7. The molecule has 0 atom stereocenters. The molecule has 4 nitrogen and oxygen atoms in total. The fraction of sp³-hybridized carbons (Fsp3) is 0.111. The molecule has 0 amide bonds. The Kier molecular flexibility index (Phi) is 4.66. The predicted molar refractivity (Wildman–Crippen MR) is 84.8 cm³/mol. The van der Waals surface area contributed by atoms with Crippen molar-refractivity contribution in [1.82, 2.24) is 0 Å². The van der Waals surface area contributed by atoms with Crippen LogP contribution in [0.2, 0.25) is 0 Å². The van der Waals surface area contributed by atoms with E-state index in [-0.39, 0.29) is 21.5 Å². The van der Waals surface area contributed by atoms with Crippen molar-refractivity contribution in [3.8, 4) is 11.5 Å². The number of carbonyl (C=O) groups excluding carboxylic acids is 2. The average molecular weight is 402 g/mol. The van der Waals surface area contributed by atoms with E-state index >= 15 is 0 Å². The molecule has 0 aliphatic carbocycles. The Balaban J connectivity index is 2.24. The highest BCUT2D eigenvalue weighted by molar-refractivity contribution is 6.14. The fourth-order valence-electron chi connectivity index (χ4n) is 2.57. The SMILES string of the molecule is O=C(Oc1cccc2ccc3cccc(OC(=O)C(F)(F)F)c3c12)C(F)(F)F. The predicted octanol–water partition coefficient (Wildman–Crippen LogP) is 4.93. The van der Waals surface area contributed by atoms with Gasteiger partial charge in [0, 0.05) is 10.8 Å². The van der Waals surface area contributed by atoms with Crippen molar-refractivity contribution < 1.29 is 45.4 Å². The van der Waals surface area contributed by atoms with Gasteiger partial charge in [0.05, 0.1) is 0 Å². The zero-order valence-electron chi connectivity index (χ0n) is 13.5. The van der Waals surface area contributed by atoms with Gasteiger partial charge in [0.25, 0.3) is 0 Å². The lowest BCUT2D eigenvalue weighted by Crippen LogP contribution is -2.28. The van der Waals surface area contributed by atoms with Crippen LogP contribution in [0.4, 0.5) is 26.3 Å². The standard InChI is InChI=1S/C18H8F6O4/c19-17(20,21)15(25)27-11-5-1-3-9-7-8-10-4-2-6-12(14(10)13(9)11)28-16(26)18(22,23)24/h1-8H. The molecule has 0 unspecified atom stereocenters. The minimum Gasteiger partial charge on any atom is -0.419 e. The molecule has 10 heteroatoms. The van der Waals surface area contributed by atoms with Gasteiger partial charge in [-0.05, 0) is 22.9 Å². The number of benzene rings is 3. The van der Waals surface area contributed by atoms with E-state index in [2.05, 4.69) is 9.47 Å². The molecule has 0 bridgehead atoms. The first-order valence-electron chi connectivity index (χ1n) is 7.51. The maximum Gasteiger partial charge on any atom is 0.491 e. The molecule has 0 heterocycles. The molecule has 0 aliphatic heterocycles. The molecule has 146 valence electrons. The van der Waals surface area contributed by atoms with Gasteiger partial charge in [0.2, 0.25) is 0 Å². The molecule has 0 saturated carbocycles. The molecular weight excluding hydrogens is 394 g/mol. The van der Waals surface area contributed by atoms with Crippen LogP contribution in [0.15, 0.2) is 48.5 Å².